The maximum Gasteiger partial charge on any atom is 0.236 e. The zero-order valence-corrected chi connectivity index (χ0v) is 21.1. The third-order valence-corrected chi connectivity index (χ3v) is 8.51. The Morgan fingerprint density at radius 3 is 2.78 bits per heavy atom. The van der Waals surface area contributed by atoms with Crippen LogP contribution in [0.1, 0.15) is 74.6 Å². The van der Waals surface area contributed by atoms with E-state index >= 15 is 0 Å². The van der Waals surface area contributed by atoms with E-state index in [0.29, 0.717) is 11.0 Å². The van der Waals surface area contributed by atoms with Crippen LogP contribution in [0.2, 0.25) is 0 Å². The lowest BCUT2D eigenvalue weighted by atomic mass is 9.90. The molecule has 1 N–H and O–H groups in total. The van der Waals surface area contributed by atoms with Crippen molar-refractivity contribution in [3.05, 3.63) is 21.3 Å². The van der Waals surface area contributed by atoms with E-state index in [1.54, 1.807) is 11.3 Å². The number of carbonyl (C=O) groups excluding carboxylic acids is 1. The number of nitrogens with one attached hydrogen (secondary N) is 1. The monoisotopic (exact) mass is 490 g/mol. The molecule has 0 unspecified atom stereocenters. The van der Waals surface area contributed by atoms with Crippen molar-refractivity contribution < 1.29 is 4.79 Å². The summed E-state index contributed by atoms with van der Waals surface area (Å²) in [6.07, 6.45) is 9.38. The van der Waals surface area contributed by atoms with Crippen LogP contribution in [0.25, 0.3) is 11.4 Å². The highest BCUT2D eigenvalue weighted by molar-refractivity contribution is 7.99. The quantitative estimate of drug-likeness (QED) is 0.351. The smallest absolute Gasteiger partial charge is 0.236 e. The fraction of sp³-hybridized carbons (Fsp3) is 0.591. The van der Waals surface area contributed by atoms with E-state index < -0.39 is 0 Å². The van der Waals surface area contributed by atoms with Gasteiger partial charge < -0.3 is 4.57 Å². The number of anilines is 1. The standard InChI is InChI=1S/C22H30N6OS3/c1-3-8-17-12-16(13-30-17)19-24-27-22(28(19)11-4-2)31-14-18(29)23-21-26-25-20(32-21)15-9-6-5-7-10-15/h12-13,15H,3-11,14H2,1-2H3,(H,23,26,29). The first-order chi connectivity index (χ1) is 15.7. The predicted molar refractivity (Wildman–Crippen MR) is 133 cm³/mol. The normalized spacial score (nSPS) is 14.7. The van der Waals surface area contributed by atoms with Crippen LogP contribution in [0, 0.1) is 0 Å². The Morgan fingerprint density at radius 2 is 2.00 bits per heavy atom. The molecule has 1 fully saturated rings. The molecule has 10 heteroatoms. The van der Waals surface area contributed by atoms with Crippen molar-refractivity contribution in [2.24, 2.45) is 0 Å². The van der Waals surface area contributed by atoms with Gasteiger partial charge in [0.1, 0.15) is 5.01 Å². The van der Waals surface area contributed by atoms with E-state index in [9.17, 15) is 4.79 Å². The SMILES string of the molecule is CCCc1cc(-c2nnc(SCC(=O)Nc3nnc(C4CCCCC4)s3)n2CCC)cs1. The number of aromatic nitrogens is 5. The van der Waals surface area contributed by atoms with Gasteiger partial charge >= 0.3 is 0 Å². The van der Waals surface area contributed by atoms with Gasteiger partial charge in [-0.2, -0.15) is 0 Å². The molecule has 1 amide bonds. The number of rotatable bonds is 10. The third-order valence-electron chi connectivity index (χ3n) is 5.55. The van der Waals surface area contributed by atoms with Crippen LogP contribution >= 0.6 is 34.4 Å². The number of amides is 1. The van der Waals surface area contributed by atoms with Crippen molar-refractivity contribution in [1.82, 2.24) is 25.0 Å². The minimum absolute atomic E-state index is 0.0882. The van der Waals surface area contributed by atoms with Crippen molar-refractivity contribution in [2.45, 2.75) is 82.8 Å². The summed E-state index contributed by atoms with van der Waals surface area (Å²) in [5.41, 5.74) is 1.11. The van der Waals surface area contributed by atoms with Gasteiger partial charge in [0.2, 0.25) is 11.0 Å². The first-order valence-corrected chi connectivity index (χ1v) is 14.1. The van der Waals surface area contributed by atoms with Crippen LogP contribution in [0.5, 0.6) is 0 Å². The van der Waals surface area contributed by atoms with Crippen LogP contribution in [-0.2, 0) is 17.8 Å². The third kappa shape index (κ3) is 5.77. The molecule has 3 heterocycles. The van der Waals surface area contributed by atoms with E-state index in [1.165, 1.54) is 60.1 Å². The van der Waals surface area contributed by atoms with Crippen LogP contribution in [0.3, 0.4) is 0 Å². The molecule has 0 radical (unpaired) electrons. The molecule has 0 saturated heterocycles. The Morgan fingerprint density at radius 1 is 1.16 bits per heavy atom. The van der Waals surface area contributed by atoms with Gasteiger partial charge in [0.25, 0.3) is 0 Å². The molecule has 172 valence electrons. The highest BCUT2D eigenvalue weighted by Crippen LogP contribution is 2.35. The number of nitrogens with zero attached hydrogens (tertiary/aromatic N) is 5. The summed E-state index contributed by atoms with van der Waals surface area (Å²) in [6, 6.07) is 2.21. The van der Waals surface area contributed by atoms with Gasteiger partial charge in [0.05, 0.1) is 5.75 Å². The van der Waals surface area contributed by atoms with Crippen molar-refractivity contribution >= 4 is 45.5 Å². The Balaban J connectivity index is 1.37. The van der Waals surface area contributed by atoms with Gasteiger partial charge in [-0.05, 0) is 31.7 Å². The zero-order chi connectivity index (χ0) is 22.3. The van der Waals surface area contributed by atoms with Gasteiger partial charge in [0, 0.05) is 28.3 Å². The number of aryl methyl sites for hydroxylation is 1. The molecular weight excluding hydrogens is 460 g/mol. The zero-order valence-electron chi connectivity index (χ0n) is 18.7. The molecule has 32 heavy (non-hydrogen) atoms. The number of thioether (sulfide) groups is 1. The lowest BCUT2D eigenvalue weighted by Gasteiger charge is -2.18. The topological polar surface area (TPSA) is 85.6 Å². The van der Waals surface area contributed by atoms with Crippen LogP contribution in [-0.4, -0.2) is 36.6 Å². The minimum atomic E-state index is -0.0882. The first kappa shape index (κ1) is 23.4. The van der Waals surface area contributed by atoms with Gasteiger partial charge in [-0.15, -0.1) is 31.7 Å². The Bertz CT molecular complexity index is 1020. The van der Waals surface area contributed by atoms with Crippen LogP contribution in [0.4, 0.5) is 5.13 Å². The summed E-state index contributed by atoms with van der Waals surface area (Å²) < 4.78 is 2.13. The lowest BCUT2D eigenvalue weighted by Crippen LogP contribution is -2.14. The number of thiophene rings is 1. The summed E-state index contributed by atoms with van der Waals surface area (Å²) in [5.74, 6) is 1.57. The maximum absolute atomic E-state index is 12.5. The molecule has 3 aromatic heterocycles. The average molecular weight is 491 g/mol. The van der Waals surface area contributed by atoms with Crippen LogP contribution < -0.4 is 5.32 Å². The second-order valence-electron chi connectivity index (χ2n) is 8.13. The summed E-state index contributed by atoms with van der Waals surface area (Å²) >= 11 is 4.70. The van der Waals surface area contributed by atoms with E-state index in [0.717, 1.165) is 47.4 Å². The molecule has 4 rings (SSSR count). The predicted octanol–water partition coefficient (Wildman–Crippen LogP) is 6.00. The van der Waals surface area contributed by atoms with Gasteiger partial charge in [0.15, 0.2) is 11.0 Å². The Kier molecular flexibility index (Phi) is 8.31. The number of carbonyl (C=O) groups is 1. The van der Waals surface area contributed by atoms with Crippen LogP contribution in [0.15, 0.2) is 16.6 Å². The second-order valence-corrected chi connectivity index (χ2v) is 11.1. The summed E-state index contributed by atoms with van der Waals surface area (Å²) in [5, 5.41) is 24.8. The molecule has 0 spiro atoms. The molecular formula is C22H30N6OS3. The summed E-state index contributed by atoms with van der Waals surface area (Å²) in [7, 11) is 0. The minimum Gasteiger partial charge on any atom is -0.302 e. The number of hydrogen-bond acceptors (Lipinski definition) is 8. The maximum atomic E-state index is 12.5. The molecule has 0 aliphatic heterocycles. The lowest BCUT2D eigenvalue weighted by molar-refractivity contribution is -0.113. The average Bonchev–Trinajstić information content (AvgIpc) is 3.54. The first-order valence-electron chi connectivity index (χ1n) is 11.4. The van der Waals surface area contributed by atoms with Gasteiger partial charge in [-0.25, -0.2) is 0 Å². The Labute approximate surface area is 201 Å². The van der Waals surface area contributed by atoms with Gasteiger partial charge in [-0.3, -0.25) is 10.1 Å². The fourth-order valence-electron chi connectivity index (χ4n) is 3.99. The van der Waals surface area contributed by atoms with Crippen molar-refractivity contribution in [3.8, 4) is 11.4 Å². The molecule has 3 aromatic rings. The molecule has 0 aromatic carbocycles. The molecule has 1 aliphatic carbocycles. The highest BCUT2D eigenvalue weighted by Gasteiger charge is 2.21. The molecule has 0 atom stereocenters. The second kappa shape index (κ2) is 11.4. The van der Waals surface area contributed by atoms with E-state index in [4.69, 9.17) is 0 Å². The number of hydrogen-bond donors (Lipinski definition) is 1. The fourth-order valence-corrected chi connectivity index (χ4v) is 6.66. The molecule has 1 saturated carbocycles. The molecule has 7 nitrogen and oxygen atoms in total. The summed E-state index contributed by atoms with van der Waals surface area (Å²) in [6.45, 7) is 5.16. The highest BCUT2D eigenvalue weighted by atomic mass is 32.2. The van der Waals surface area contributed by atoms with Crippen molar-refractivity contribution in [1.29, 1.82) is 0 Å². The van der Waals surface area contributed by atoms with E-state index in [-0.39, 0.29) is 11.7 Å². The largest absolute Gasteiger partial charge is 0.302 e. The van der Waals surface area contributed by atoms with Gasteiger partial charge in [-0.1, -0.05) is 62.6 Å². The van der Waals surface area contributed by atoms with E-state index in [2.05, 4.69) is 55.6 Å². The van der Waals surface area contributed by atoms with Crippen molar-refractivity contribution in [2.75, 3.05) is 11.1 Å². The van der Waals surface area contributed by atoms with E-state index in [1.807, 2.05) is 0 Å². The Hall–Kier alpha value is -1.78. The molecule has 1 aliphatic rings. The summed E-state index contributed by atoms with van der Waals surface area (Å²) in [4.78, 5) is 13.9. The molecule has 0 bridgehead atoms. The van der Waals surface area contributed by atoms with Crippen molar-refractivity contribution in [3.63, 3.8) is 0 Å².